The summed E-state index contributed by atoms with van der Waals surface area (Å²) in [6.07, 6.45) is 7.67. The van der Waals surface area contributed by atoms with Gasteiger partial charge in [0, 0.05) is 50.4 Å². The number of aryl methyl sites for hydroxylation is 1. The number of hydrogen-bond donors (Lipinski definition) is 0. The minimum Gasteiger partial charge on any atom is -0.355 e. The zero-order chi connectivity index (χ0) is 21.2. The fourth-order valence-corrected chi connectivity index (χ4v) is 4.25. The van der Waals surface area contributed by atoms with Crippen LogP contribution in [-0.4, -0.2) is 43.6 Å². The first-order valence-corrected chi connectivity index (χ1v) is 10.6. The zero-order valence-electron chi connectivity index (χ0n) is 17.5. The Morgan fingerprint density at radius 1 is 1.10 bits per heavy atom. The van der Waals surface area contributed by atoms with Crippen LogP contribution in [0.3, 0.4) is 0 Å². The number of piperidine rings is 1. The van der Waals surface area contributed by atoms with E-state index in [1.54, 1.807) is 17.1 Å². The van der Waals surface area contributed by atoms with E-state index in [9.17, 15) is 4.79 Å². The molecular weight excluding hydrogens is 388 g/mol. The Kier molecular flexibility index (Phi) is 5.16. The normalized spacial score (nSPS) is 16.5. The number of Topliss-reactive ketones (excluding diaryl/α,β-unsaturated/α-hetero) is 1. The predicted molar refractivity (Wildman–Crippen MR) is 120 cm³/mol. The molecule has 1 fully saturated rings. The van der Waals surface area contributed by atoms with Crippen LogP contribution in [0.5, 0.6) is 0 Å². The molecule has 31 heavy (non-hydrogen) atoms. The molecular formula is C24H24N6O. The molecule has 5 rings (SSSR count). The van der Waals surface area contributed by atoms with Crippen molar-refractivity contribution in [3.63, 3.8) is 0 Å². The third-order valence-electron chi connectivity index (χ3n) is 5.89. The van der Waals surface area contributed by atoms with Crippen LogP contribution in [0, 0.1) is 5.92 Å². The molecule has 0 spiro atoms. The number of anilines is 1. The van der Waals surface area contributed by atoms with Crippen molar-refractivity contribution in [2.45, 2.75) is 19.3 Å². The van der Waals surface area contributed by atoms with E-state index in [0.717, 1.165) is 47.4 Å². The van der Waals surface area contributed by atoms with Gasteiger partial charge in [0.1, 0.15) is 11.6 Å². The molecule has 1 aliphatic rings. The van der Waals surface area contributed by atoms with Crippen LogP contribution in [0.2, 0.25) is 0 Å². The first-order valence-electron chi connectivity index (χ1n) is 10.6. The zero-order valence-corrected chi connectivity index (χ0v) is 17.5. The van der Waals surface area contributed by atoms with E-state index in [-0.39, 0.29) is 5.92 Å². The Morgan fingerprint density at radius 2 is 1.97 bits per heavy atom. The van der Waals surface area contributed by atoms with Crippen LogP contribution < -0.4 is 4.90 Å². The van der Waals surface area contributed by atoms with Crippen molar-refractivity contribution < 1.29 is 4.79 Å². The molecule has 0 radical (unpaired) electrons. The highest BCUT2D eigenvalue weighted by Gasteiger charge is 2.28. The molecule has 0 amide bonds. The summed E-state index contributed by atoms with van der Waals surface area (Å²) in [5, 5.41) is 5.31. The Labute approximate surface area is 180 Å². The van der Waals surface area contributed by atoms with Gasteiger partial charge in [-0.05, 0) is 30.5 Å². The molecule has 4 aromatic rings. The molecule has 1 aromatic carbocycles. The number of rotatable bonds is 5. The monoisotopic (exact) mass is 412 g/mol. The number of ketones is 1. The van der Waals surface area contributed by atoms with Gasteiger partial charge in [0.25, 0.3) is 0 Å². The molecule has 1 saturated heterocycles. The fraction of sp³-hybridized carbons (Fsp3) is 0.292. The third-order valence-corrected chi connectivity index (χ3v) is 5.89. The smallest absolute Gasteiger partial charge is 0.165 e. The topological polar surface area (TPSA) is 76.8 Å². The number of aromatic nitrogens is 5. The van der Waals surface area contributed by atoms with E-state index in [4.69, 9.17) is 9.97 Å². The SMILES string of the molecule is Cn1ncc2c(N3CCC[C@@H](C(=O)Cc4ccccc4)C3)nc(-c3cccnc3)nc21. The Bertz CT molecular complexity index is 1200. The van der Waals surface area contributed by atoms with E-state index < -0.39 is 0 Å². The molecule has 1 aliphatic heterocycles. The predicted octanol–water partition coefficient (Wildman–Crippen LogP) is 3.45. The lowest BCUT2D eigenvalue weighted by Crippen LogP contribution is -2.39. The summed E-state index contributed by atoms with van der Waals surface area (Å²) in [5.41, 5.74) is 2.71. The summed E-state index contributed by atoms with van der Waals surface area (Å²) in [5.74, 6) is 1.75. The van der Waals surface area contributed by atoms with Crippen molar-refractivity contribution in [2.75, 3.05) is 18.0 Å². The lowest BCUT2D eigenvalue weighted by molar-refractivity contribution is -0.122. The summed E-state index contributed by atoms with van der Waals surface area (Å²) < 4.78 is 1.77. The number of carbonyl (C=O) groups excluding carboxylic acids is 1. The number of hydrogen-bond acceptors (Lipinski definition) is 6. The van der Waals surface area contributed by atoms with Crippen molar-refractivity contribution in [3.8, 4) is 11.4 Å². The van der Waals surface area contributed by atoms with Gasteiger partial charge in [-0.1, -0.05) is 30.3 Å². The quantitative estimate of drug-likeness (QED) is 0.500. The molecule has 0 N–H and O–H groups in total. The summed E-state index contributed by atoms with van der Waals surface area (Å²) in [6, 6.07) is 13.8. The standard InChI is InChI=1S/C24H24N6O/c1-29-23-20(15-26-29)24(28-22(27-23)18-9-5-11-25-14-18)30-12-6-10-19(16-30)21(31)13-17-7-3-2-4-8-17/h2-5,7-9,11,14-15,19H,6,10,12-13,16H2,1H3/t19-/m1/s1. The van der Waals surface area contributed by atoms with Crippen molar-refractivity contribution in [3.05, 3.63) is 66.6 Å². The number of pyridine rings is 1. The molecule has 0 unspecified atom stereocenters. The van der Waals surface area contributed by atoms with Gasteiger partial charge < -0.3 is 4.90 Å². The third kappa shape index (κ3) is 3.91. The van der Waals surface area contributed by atoms with Gasteiger partial charge in [0.05, 0.1) is 11.6 Å². The summed E-state index contributed by atoms with van der Waals surface area (Å²) in [6.45, 7) is 1.53. The minimum absolute atomic E-state index is 0.00233. The lowest BCUT2D eigenvalue weighted by Gasteiger charge is -2.33. The largest absolute Gasteiger partial charge is 0.355 e. The van der Waals surface area contributed by atoms with Gasteiger partial charge in [0.2, 0.25) is 0 Å². The van der Waals surface area contributed by atoms with Crippen LogP contribution in [-0.2, 0) is 18.3 Å². The van der Waals surface area contributed by atoms with E-state index in [1.165, 1.54) is 0 Å². The lowest BCUT2D eigenvalue weighted by atomic mass is 9.90. The highest BCUT2D eigenvalue weighted by atomic mass is 16.1. The molecule has 0 bridgehead atoms. The maximum Gasteiger partial charge on any atom is 0.165 e. The molecule has 0 saturated carbocycles. The number of benzene rings is 1. The number of fused-ring (bicyclic) bond motifs is 1. The van der Waals surface area contributed by atoms with E-state index in [0.29, 0.717) is 24.6 Å². The van der Waals surface area contributed by atoms with Crippen LogP contribution in [0.15, 0.2) is 61.1 Å². The van der Waals surface area contributed by atoms with Gasteiger partial charge >= 0.3 is 0 Å². The molecule has 7 nitrogen and oxygen atoms in total. The first kappa shape index (κ1) is 19.4. The summed E-state index contributed by atoms with van der Waals surface area (Å²) in [7, 11) is 1.88. The van der Waals surface area contributed by atoms with E-state index in [2.05, 4.69) is 15.0 Å². The molecule has 3 aromatic heterocycles. The fourth-order valence-electron chi connectivity index (χ4n) is 4.25. The van der Waals surface area contributed by atoms with Gasteiger partial charge in [-0.25, -0.2) is 9.97 Å². The second kappa shape index (κ2) is 8.26. The second-order valence-electron chi connectivity index (χ2n) is 8.03. The average molecular weight is 412 g/mol. The number of nitrogens with zero attached hydrogens (tertiary/aromatic N) is 6. The molecule has 1 atom stereocenters. The summed E-state index contributed by atoms with van der Waals surface area (Å²) in [4.78, 5) is 29.1. The van der Waals surface area contributed by atoms with Crippen LogP contribution in [0.4, 0.5) is 5.82 Å². The van der Waals surface area contributed by atoms with E-state index >= 15 is 0 Å². The maximum atomic E-state index is 13.0. The first-order chi connectivity index (χ1) is 15.2. The van der Waals surface area contributed by atoms with Crippen molar-refractivity contribution in [2.24, 2.45) is 13.0 Å². The van der Waals surface area contributed by atoms with Gasteiger partial charge in [-0.15, -0.1) is 0 Å². The van der Waals surface area contributed by atoms with Crippen LogP contribution in [0.1, 0.15) is 18.4 Å². The van der Waals surface area contributed by atoms with Crippen molar-refractivity contribution >= 4 is 22.6 Å². The number of carbonyl (C=O) groups is 1. The Morgan fingerprint density at radius 3 is 2.77 bits per heavy atom. The van der Waals surface area contributed by atoms with Crippen LogP contribution >= 0.6 is 0 Å². The van der Waals surface area contributed by atoms with Crippen molar-refractivity contribution in [1.82, 2.24) is 24.7 Å². The minimum atomic E-state index is -0.00233. The molecule has 4 heterocycles. The Balaban J connectivity index is 1.46. The molecule has 156 valence electrons. The van der Waals surface area contributed by atoms with Gasteiger partial charge in [0.15, 0.2) is 11.5 Å². The van der Waals surface area contributed by atoms with Crippen molar-refractivity contribution in [1.29, 1.82) is 0 Å². The highest BCUT2D eigenvalue weighted by Crippen LogP contribution is 2.30. The molecule has 7 heteroatoms. The Hall–Kier alpha value is -3.61. The summed E-state index contributed by atoms with van der Waals surface area (Å²) >= 11 is 0. The van der Waals surface area contributed by atoms with Crippen LogP contribution in [0.25, 0.3) is 22.4 Å². The average Bonchev–Trinajstić information content (AvgIpc) is 3.20. The van der Waals surface area contributed by atoms with Gasteiger partial charge in [-0.3, -0.25) is 14.5 Å². The van der Waals surface area contributed by atoms with Gasteiger partial charge in [-0.2, -0.15) is 5.10 Å². The molecule has 0 aliphatic carbocycles. The second-order valence-corrected chi connectivity index (χ2v) is 8.03. The maximum absolute atomic E-state index is 13.0. The van der Waals surface area contributed by atoms with E-state index in [1.807, 2.05) is 55.7 Å². The highest BCUT2D eigenvalue weighted by molar-refractivity contribution is 5.89.